The number of rotatable bonds is 5. The van der Waals surface area contributed by atoms with Crippen molar-refractivity contribution in [3.8, 4) is 0 Å². The SMILES string of the molecule is Cc1ccc(CP(I)(c2ccccc2C)(c2ccccc2C)c2ccccc2C)cc1. The van der Waals surface area contributed by atoms with Crippen LogP contribution >= 0.6 is 26.3 Å². The first-order valence-corrected chi connectivity index (χ1v) is 16.0. The van der Waals surface area contributed by atoms with Crippen LogP contribution in [0, 0.1) is 27.7 Å². The van der Waals surface area contributed by atoms with E-state index in [1.807, 2.05) is 0 Å². The molecule has 0 aromatic heterocycles. The van der Waals surface area contributed by atoms with Gasteiger partial charge in [-0.3, -0.25) is 0 Å². The number of aryl methyl sites for hydroxylation is 4. The van der Waals surface area contributed by atoms with Gasteiger partial charge in [0.1, 0.15) is 0 Å². The summed E-state index contributed by atoms with van der Waals surface area (Å²) in [6, 6.07) is 36.3. The fourth-order valence-corrected chi connectivity index (χ4v) is 16.8. The van der Waals surface area contributed by atoms with E-state index in [-0.39, 0.29) is 0 Å². The van der Waals surface area contributed by atoms with E-state index in [0.29, 0.717) is 0 Å². The fourth-order valence-electron chi connectivity index (χ4n) is 4.94. The molecule has 4 aromatic carbocycles. The van der Waals surface area contributed by atoms with Gasteiger partial charge >= 0.3 is 201 Å². The molecule has 0 amide bonds. The van der Waals surface area contributed by atoms with Gasteiger partial charge in [-0.2, -0.15) is 0 Å². The molecule has 31 heavy (non-hydrogen) atoms. The van der Waals surface area contributed by atoms with Crippen LogP contribution in [-0.2, 0) is 6.16 Å². The first-order valence-electron chi connectivity index (χ1n) is 10.8. The zero-order valence-electron chi connectivity index (χ0n) is 18.8. The van der Waals surface area contributed by atoms with Gasteiger partial charge in [0.2, 0.25) is 0 Å². The van der Waals surface area contributed by atoms with Gasteiger partial charge in [0.05, 0.1) is 0 Å². The number of hydrogen-bond acceptors (Lipinski definition) is 0. The van der Waals surface area contributed by atoms with Crippen molar-refractivity contribution in [2.75, 3.05) is 0 Å². The molecule has 0 atom stereocenters. The standard InChI is InChI=1S/C29H30IP/c1-22-17-19-26(20-18-22)21-31(30,27-14-8-5-11-23(27)2,28-15-9-6-12-24(28)3)29-16-10-7-13-25(29)4/h5-20H,21H2,1-4H3. The van der Waals surface area contributed by atoms with Gasteiger partial charge in [0.25, 0.3) is 0 Å². The van der Waals surface area contributed by atoms with Crippen LogP contribution in [0.3, 0.4) is 0 Å². The molecular formula is C29H30IP. The monoisotopic (exact) mass is 536 g/mol. The van der Waals surface area contributed by atoms with E-state index in [0.717, 1.165) is 6.16 Å². The van der Waals surface area contributed by atoms with E-state index in [9.17, 15) is 0 Å². The first kappa shape index (κ1) is 22.2. The Labute approximate surface area is 200 Å². The number of hydrogen-bond donors (Lipinski definition) is 0. The van der Waals surface area contributed by atoms with Gasteiger partial charge in [-0.1, -0.05) is 0 Å². The summed E-state index contributed by atoms with van der Waals surface area (Å²) >= 11 is 2.93. The summed E-state index contributed by atoms with van der Waals surface area (Å²) in [5.41, 5.74) is 6.81. The average Bonchev–Trinajstić information content (AvgIpc) is 2.76. The predicted molar refractivity (Wildman–Crippen MR) is 148 cm³/mol. The molecule has 2 heteroatoms. The predicted octanol–water partition coefficient (Wildman–Crippen LogP) is 7.30. The Morgan fingerprint density at radius 3 is 1.23 bits per heavy atom. The maximum atomic E-state index is 2.93. The molecule has 0 aliphatic rings. The Balaban J connectivity index is 2.19. The van der Waals surface area contributed by atoms with Crippen LogP contribution in [0.4, 0.5) is 0 Å². The molecule has 0 bridgehead atoms. The van der Waals surface area contributed by atoms with Crippen molar-refractivity contribution in [1.82, 2.24) is 0 Å². The number of halogens is 1. The van der Waals surface area contributed by atoms with E-state index in [1.54, 1.807) is 0 Å². The molecule has 4 aromatic rings. The average molecular weight is 536 g/mol. The molecule has 0 aliphatic carbocycles. The molecule has 0 heterocycles. The second-order valence-electron chi connectivity index (χ2n) is 8.69. The summed E-state index contributed by atoms with van der Waals surface area (Å²) in [7, 11) is 0. The molecule has 4 rings (SSSR count). The van der Waals surface area contributed by atoms with Crippen LogP contribution < -0.4 is 15.9 Å². The zero-order valence-corrected chi connectivity index (χ0v) is 21.8. The summed E-state index contributed by atoms with van der Waals surface area (Å²) in [4.78, 5) is 0. The van der Waals surface area contributed by atoms with E-state index in [2.05, 4.69) is 147 Å². The second kappa shape index (κ2) is 8.52. The van der Waals surface area contributed by atoms with Crippen molar-refractivity contribution >= 4 is 42.2 Å². The summed E-state index contributed by atoms with van der Waals surface area (Å²) in [5, 5.41) is 4.45. The Morgan fingerprint density at radius 2 is 0.871 bits per heavy atom. The Kier molecular flexibility index (Phi) is 6.12. The maximum absolute atomic E-state index is 2.93. The van der Waals surface area contributed by atoms with Crippen LogP contribution in [0.2, 0.25) is 0 Å². The quantitative estimate of drug-likeness (QED) is 0.186. The first-order chi connectivity index (χ1) is 14.8. The van der Waals surface area contributed by atoms with E-state index in [1.165, 1.54) is 43.7 Å². The van der Waals surface area contributed by atoms with Crippen molar-refractivity contribution in [2.24, 2.45) is 0 Å². The third-order valence-electron chi connectivity index (χ3n) is 6.45. The zero-order chi connectivity index (χ0) is 22.1. The van der Waals surface area contributed by atoms with Crippen LogP contribution in [0.25, 0.3) is 0 Å². The van der Waals surface area contributed by atoms with Crippen LogP contribution in [0.5, 0.6) is 0 Å². The van der Waals surface area contributed by atoms with Crippen LogP contribution in [-0.4, -0.2) is 0 Å². The summed E-state index contributed by atoms with van der Waals surface area (Å²) in [6.07, 6.45) is 1.01. The summed E-state index contributed by atoms with van der Waals surface area (Å²) in [6.45, 7) is 9.00. The van der Waals surface area contributed by atoms with E-state index < -0.39 is 4.25 Å². The van der Waals surface area contributed by atoms with Crippen molar-refractivity contribution in [3.63, 3.8) is 0 Å². The van der Waals surface area contributed by atoms with Crippen LogP contribution in [0.15, 0.2) is 97.1 Å². The molecule has 0 saturated carbocycles. The molecule has 0 saturated heterocycles. The molecule has 158 valence electrons. The molecular weight excluding hydrogens is 506 g/mol. The van der Waals surface area contributed by atoms with Gasteiger partial charge in [-0.25, -0.2) is 0 Å². The van der Waals surface area contributed by atoms with Gasteiger partial charge < -0.3 is 0 Å². The number of benzene rings is 4. The van der Waals surface area contributed by atoms with E-state index >= 15 is 0 Å². The van der Waals surface area contributed by atoms with Gasteiger partial charge in [0.15, 0.2) is 0 Å². The van der Waals surface area contributed by atoms with E-state index in [4.69, 9.17) is 0 Å². The van der Waals surface area contributed by atoms with Crippen molar-refractivity contribution < 1.29 is 0 Å². The molecule has 0 fully saturated rings. The molecule has 0 N–H and O–H groups in total. The third-order valence-corrected chi connectivity index (χ3v) is 17.6. The Hall–Kier alpha value is -1.96. The molecule has 0 spiro atoms. The minimum atomic E-state index is -2.87. The Morgan fingerprint density at radius 1 is 0.516 bits per heavy atom. The minimum absolute atomic E-state index is 1.01. The molecule has 0 radical (unpaired) electrons. The van der Waals surface area contributed by atoms with Crippen molar-refractivity contribution in [3.05, 3.63) is 125 Å². The Bertz CT molecular complexity index is 1110. The summed E-state index contributed by atoms with van der Waals surface area (Å²) < 4.78 is -2.87. The molecule has 0 unspecified atom stereocenters. The van der Waals surface area contributed by atoms with Crippen molar-refractivity contribution in [2.45, 2.75) is 33.9 Å². The molecule has 0 aliphatic heterocycles. The fraction of sp³-hybridized carbons (Fsp3) is 0.172. The second-order valence-corrected chi connectivity index (χ2v) is 19.2. The van der Waals surface area contributed by atoms with Crippen molar-refractivity contribution in [1.29, 1.82) is 0 Å². The van der Waals surface area contributed by atoms with Crippen LogP contribution in [0.1, 0.15) is 27.8 Å². The van der Waals surface area contributed by atoms with Gasteiger partial charge in [-0.05, 0) is 0 Å². The topological polar surface area (TPSA) is 0 Å². The summed E-state index contributed by atoms with van der Waals surface area (Å²) in [5.74, 6) is 0. The van der Waals surface area contributed by atoms with Gasteiger partial charge in [0, 0.05) is 0 Å². The normalized spacial score (nSPS) is 12.9. The third kappa shape index (κ3) is 3.77. The molecule has 0 nitrogen and oxygen atoms in total. The van der Waals surface area contributed by atoms with Gasteiger partial charge in [-0.15, -0.1) is 0 Å².